The summed E-state index contributed by atoms with van der Waals surface area (Å²) in [4.78, 5) is 11.8. The summed E-state index contributed by atoms with van der Waals surface area (Å²) in [5, 5.41) is 11.8. The van der Waals surface area contributed by atoms with Crippen LogP contribution in [0.1, 0.15) is 33.3 Å². The second-order valence-corrected chi connectivity index (χ2v) is 7.21. The maximum atomic E-state index is 11.8. The third-order valence-electron chi connectivity index (χ3n) is 2.98. The van der Waals surface area contributed by atoms with Gasteiger partial charge in [-0.05, 0) is 34.8 Å². The highest BCUT2D eigenvalue weighted by atomic mass is 32.2. The fourth-order valence-electron chi connectivity index (χ4n) is 1.66. The molecule has 1 amide bonds. The normalized spacial score (nSPS) is 13.1. The third kappa shape index (κ3) is 5.97. The van der Waals surface area contributed by atoms with Crippen LogP contribution in [-0.4, -0.2) is 29.1 Å². The molecule has 0 heterocycles. The Morgan fingerprint density at radius 3 is 2.40 bits per heavy atom. The summed E-state index contributed by atoms with van der Waals surface area (Å²) in [7, 11) is 0. The van der Waals surface area contributed by atoms with Gasteiger partial charge in [-0.1, -0.05) is 39.8 Å². The van der Waals surface area contributed by atoms with Gasteiger partial charge in [-0.3, -0.25) is 4.79 Å². The van der Waals surface area contributed by atoms with Crippen LogP contribution in [0.5, 0.6) is 0 Å². The molecule has 0 aliphatic rings. The van der Waals surface area contributed by atoms with Crippen LogP contribution in [0, 0.1) is 5.92 Å². The summed E-state index contributed by atoms with van der Waals surface area (Å²) in [5.74, 6) is 1.46. The lowest BCUT2D eigenvalue weighted by Gasteiger charge is -2.19. The van der Waals surface area contributed by atoms with Crippen LogP contribution in [-0.2, 0) is 10.2 Å². The number of thioether (sulfide) groups is 1. The predicted molar refractivity (Wildman–Crippen MR) is 87.3 cm³/mol. The van der Waals surface area contributed by atoms with Crippen molar-refractivity contribution in [3.05, 3.63) is 29.8 Å². The van der Waals surface area contributed by atoms with Gasteiger partial charge in [0.1, 0.15) is 0 Å². The van der Waals surface area contributed by atoms with Crippen molar-refractivity contribution in [2.45, 2.75) is 33.1 Å². The number of amides is 1. The van der Waals surface area contributed by atoms with E-state index in [1.54, 1.807) is 11.8 Å². The minimum absolute atomic E-state index is 0.00338. The lowest BCUT2D eigenvalue weighted by atomic mass is 9.87. The average molecular weight is 295 g/mol. The summed E-state index contributed by atoms with van der Waals surface area (Å²) < 4.78 is 0. The van der Waals surface area contributed by atoms with E-state index in [1.807, 2.05) is 19.1 Å². The number of benzene rings is 1. The summed E-state index contributed by atoms with van der Waals surface area (Å²) >= 11 is 1.55. The topological polar surface area (TPSA) is 49.3 Å². The van der Waals surface area contributed by atoms with Crippen LogP contribution in [0.2, 0.25) is 0 Å². The number of aliphatic hydroxyl groups excluding tert-OH is 1. The molecule has 0 radical (unpaired) electrons. The van der Waals surface area contributed by atoms with Crippen LogP contribution in [0.3, 0.4) is 0 Å². The third-order valence-corrected chi connectivity index (χ3v) is 4.25. The molecule has 20 heavy (non-hydrogen) atoms. The zero-order valence-electron chi connectivity index (χ0n) is 12.8. The zero-order valence-corrected chi connectivity index (χ0v) is 13.6. The van der Waals surface area contributed by atoms with Crippen molar-refractivity contribution in [2.75, 3.05) is 23.4 Å². The van der Waals surface area contributed by atoms with E-state index in [0.717, 1.165) is 11.4 Å². The molecule has 1 atom stereocenters. The van der Waals surface area contributed by atoms with E-state index >= 15 is 0 Å². The largest absolute Gasteiger partial charge is 0.396 e. The molecule has 1 aromatic rings. The highest BCUT2D eigenvalue weighted by Crippen LogP contribution is 2.23. The molecular weight excluding hydrogens is 270 g/mol. The standard InChI is InChI=1S/C16H25NO2S/c1-12(9-18)10-20-11-15(19)17-14-7-5-13(6-8-14)16(2,3)4/h5-8,12,18H,9-11H2,1-4H3,(H,17,19). The smallest absolute Gasteiger partial charge is 0.234 e. The van der Waals surface area contributed by atoms with E-state index in [-0.39, 0.29) is 23.8 Å². The number of nitrogens with one attached hydrogen (secondary N) is 1. The molecule has 3 nitrogen and oxygen atoms in total. The Morgan fingerprint density at radius 1 is 1.30 bits per heavy atom. The average Bonchev–Trinajstić information content (AvgIpc) is 2.38. The second-order valence-electron chi connectivity index (χ2n) is 6.18. The van der Waals surface area contributed by atoms with E-state index in [4.69, 9.17) is 5.11 Å². The number of aliphatic hydroxyl groups is 1. The first-order chi connectivity index (χ1) is 9.32. The summed E-state index contributed by atoms with van der Waals surface area (Å²) in [5.41, 5.74) is 2.21. The molecule has 4 heteroatoms. The Hall–Kier alpha value is -1.00. The molecule has 2 N–H and O–H groups in total. The summed E-state index contributed by atoms with van der Waals surface area (Å²) in [6.45, 7) is 8.64. The second kappa shape index (κ2) is 7.70. The van der Waals surface area contributed by atoms with Gasteiger partial charge in [0.25, 0.3) is 0 Å². The van der Waals surface area contributed by atoms with Gasteiger partial charge in [0, 0.05) is 12.3 Å². The highest BCUT2D eigenvalue weighted by Gasteiger charge is 2.13. The van der Waals surface area contributed by atoms with Crippen molar-refractivity contribution < 1.29 is 9.90 Å². The van der Waals surface area contributed by atoms with Crippen molar-refractivity contribution in [3.8, 4) is 0 Å². The number of carbonyl (C=O) groups is 1. The molecule has 0 aliphatic carbocycles. The first kappa shape index (κ1) is 17.1. The van der Waals surface area contributed by atoms with Crippen LogP contribution in [0.25, 0.3) is 0 Å². The fraction of sp³-hybridized carbons (Fsp3) is 0.562. The Kier molecular flexibility index (Phi) is 6.56. The SMILES string of the molecule is CC(CO)CSCC(=O)Nc1ccc(C(C)(C)C)cc1. The molecule has 0 aliphatic heterocycles. The highest BCUT2D eigenvalue weighted by molar-refractivity contribution is 7.99. The van der Waals surface area contributed by atoms with Gasteiger partial charge in [0.15, 0.2) is 0 Å². The molecule has 0 saturated heterocycles. The van der Waals surface area contributed by atoms with Gasteiger partial charge >= 0.3 is 0 Å². The Labute approximate surface area is 126 Å². The zero-order chi connectivity index (χ0) is 15.2. The van der Waals surface area contributed by atoms with Crippen molar-refractivity contribution in [1.82, 2.24) is 0 Å². The quantitative estimate of drug-likeness (QED) is 0.846. The maximum Gasteiger partial charge on any atom is 0.234 e. The van der Waals surface area contributed by atoms with Gasteiger partial charge in [-0.15, -0.1) is 0 Å². The molecule has 112 valence electrons. The lowest BCUT2D eigenvalue weighted by Crippen LogP contribution is -2.16. The van der Waals surface area contributed by atoms with Crippen LogP contribution < -0.4 is 5.32 Å². The van der Waals surface area contributed by atoms with Gasteiger partial charge < -0.3 is 10.4 Å². The lowest BCUT2D eigenvalue weighted by molar-refractivity contribution is -0.113. The van der Waals surface area contributed by atoms with E-state index in [2.05, 4.69) is 38.2 Å². The summed E-state index contributed by atoms with van der Waals surface area (Å²) in [6, 6.07) is 7.99. The van der Waals surface area contributed by atoms with Gasteiger partial charge in [-0.2, -0.15) is 11.8 Å². The number of carbonyl (C=O) groups excluding carboxylic acids is 1. The Morgan fingerprint density at radius 2 is 1.90 bits per heavy atom. The summed E-state index contributed by atoms with van der Waals surface area (Å²) in [6.07, 6.45) is 0. The monoisotopic (exact) mass is 295 g/mol. The van der Waals surface area contributed by atoms with Gasteiger partial charge in [0.2, 0.25) is 5.91 Å². The minimum Gasteiger partial charge on any atom is -0.396 e. The van der Waals surface area contributed by atoms with Crippen molar-refractivity contribution in [3.63, 3.8) is 0 Å². The number of anilines is 1. The number of rotatable bonds is 6. The molecular formula is C16H25NO2S. The van der Waals surface area contributed by atoms with Crippen LogP contribution in [0.15, 0.2) is 24.3 Å². The number of hydrogen-bond donors (Lipinski definition) is 2. The number of hydrogen-bond acceptors (Lipinski definition) is 3. The van der Waals surface area contributed by atoms with E-state index in [9.17, 15) is 4.79 Å². The fourth-order valence-corrected chi connectivity index (χ4v) is 2.54. The molecule has 0 fully saturated rings. The van der Waals surface area contributed by atoms with E-state index in [1.165, 1.54) is 5.56 Å². The predicted octanol–water partition coefficient (Wildman–Crippen LogP) is 3.28. The van der Waals surface area contributed by atoms with E-state index in [0.29, 0.717) is 5.75 Å². The molecule has 0 spiro atoms. The van der Waals surface area contributed by atoms with Crippen molar-refractivity contribution in [1.29, 1.82) is 0 Å². The van der Waals surface area contributed by atoms with Gasteiger partial charge in [0.05, 0.1) is 5.75 Å². The minimum atomic E-state index is 0.00338. The first-order valence-corrected chi connectivity index (χ1v) is 8.07. The molecule has 0 saturated carbocycles. The van der Waals surface area contributed by atoms with Crippen LogP contribution in [0.4, 0.5) is 5.69 Å². The van der Waals surface area contributed by atoms with Gasteiger partial charge in [-0.25, -0.2) is 0 Å². The first-order valence-electron chi connectivity index (χ1n) is 6.92. The van der Waals surface area contributed by atoms with Crippen LogP contribution >= 0.6 is 11.8 Å². The van der Waals surface area contributed by atoms with Crippen molar-refractivity contribution >= 4 is 23.4 Å². The molecule has 1 rings (SSSR count). The Balaban J connectivity index is 2.43. The van der Waals surface area contributed by atoms with E-state index < -0.39 is 0 Å². The molecule has 1 unspecified atom stereocenters. The van der Waals surface area contributed by atoms with Crippen molar-refractivity contribution in [2.24, 2.45) is 5.92 Å². The maximum absolute atomic E-state index is 11.8. The molecule has 0 aromatic heterocycles. The molecule has 1 aromatic carbocycles. The Bertz CT molecular complexity index is 423. The molecule has 0 bridgehead atoms.